The Kier molecular flexibility index (Phi) is 3.83. The third kappa shape index (κ3) is 2.38. The van der Waals surface area contributed by atoms with Crippen LogP contribution in [0.3, 0.4) is 0 Å². The van der Waals surface area contributed by atoms with Crippen molar-refractivity contribution in [3.63, 3.8) is 0 Å². The average molecular weight is 219 g/mol. The summed E-state index contributed by atoms with van der Waals surface area (Å²) in [5.41, 5.74) is 2.70. The van der Waals surface area contributed by atoms with E-state index in [4.69, 9.17) is 5.11 Å². The molecule has 1 aliphatic heterocycles. The fourth-order valence-electron chi connectivity index (χ4n) is 2.55. The first kappa shape index (κ1) is 11.5. The molecule has 1 aromatic carbocycles. The third-order valence-electron chi connectivity index (χ3n) is 3.52. The molecule has 1 N–H and O–H groups in total. The molecule has 1 saturated heterocycles. The first-order chi connectivity index (χ1) is 7.85. The summed E-state index contributed by atoms with van der Waals surface area (Å²) in [5.74, 6) is 0. The van der Waals surface area contributed by atoms with E-state index in [-0.39, 0.29) is 0 Å². The van der Waals surface area contributed by atoms with Gasteiger partial charge in [-0.25, -0.2) is 0 Å². The molecule has 1 fully saturated rings. The van der Waals surface area contributed by atoms with Crippen molar-refractivity contribution in [2.75, 3.05) is 18.1 Å². The minimum absolute atomic E-state index is 0.300. The van der Waals surface area contributed by atoms with Crippen LogP contribution in [-0.2, 0) is 6.42 Å². The molecular formula is C14H21NO. The highest BCUT2D eigenvalue weighted by Gasteiger charge is 2.23. The topological polar surface area (TPSA) is 23.5 Å². The van der Waals surface area contributed by atoms with Crippen LogP contribution in [0, 0.1) is 0 Å². The average Bonchev–Trinajstić information content (AvgIpc) is 2.78. The van der Waals surface area contributed by atoms with Crippen molar-refractivity contribution < 1.29 is 5.11 Å². The molecular weight excluding hydrogens is 198 g/mol. The van der Waals surface area contributed by atoms with Gasteiger partial charge in [0.15, 0.2) is 0 Å². The normalized spacial score (nSPS) is 20.4. The lowest BCUT2D eigenvalue weighted by Crippen LogP contribution is -2.29. The highest BCUT2D eigenvalue weighted by Crippen LogP contribution is 2.27. The largest absolute Gasteiger partial charge is 0.396 e. The maximum Gasteiger partial charge on any atom is 0.0450 e. The summed E-state index contributed by atoms with van der Waals surface area (Å²) in [6, 6.07) is 9.40. The first-order valence-electron chi connectivity index (χ1n) is 6.31. The van der Waals surface area contributed by atoms with E-state index in [9.17, 15) is 0 Å². The highest BCUT2D eigenvalue weighted by molar-refractivity contribution is 5.49. The molecule has 0 amide bonds. The predicted molar refractivity (Wildman–Crippen MR) is 67.9 cm³/mol. The van der Waals surface area contributed by atoms with Crippen LogP contribution in [-0.4, -0.2) is 24.3 Å². The van der Waals surface area contributed by atoms with Crippen LogP contribution in [0.15, 0.2) is 24.3 Å². The van der Waals surface area contributed by atoms with E-state index >= 15 is 0 Å². The third-order valence-corrected chi connectivity index (χ3v) is 3.52. The van der Waals surface area contributed by atoms with E-state index in [1.54, 1.807) is 0 Å². The number of aryl methyl sites for hydroxylation is 1. The summed E-state index contributed by atoms with van der Waals surface area (Å²) in [6.45, 7) is 3.61. The molecule has 0 bridgehead atoms. The Bertz CT molecular complexity index is 320. The SMILES string of the molecule is CCc1ccc(N2CCCC2CCO)cc1. The number of anilines is 1. The number of benzene rings is 1. The van der Waals surface area contributed by atoms with Gasteiger partial charge in [-0.15, -0.1) is 0 Å². The summed E-state index contributed by atoms with van der Waals surface area (Å²) in [6.07, 6.45) is 4.46. The van der Waals surface area contributed by atoms with E-state index in [0.717, 1.165) is 19.4 Å². The van der Waals surface area contributed by atoms with Gasteiger partial charge in [-0.1, -0.05) is 19.1 Å². The summed E-state index contributed by atoms with van der Waals surface area (Å²) in [7, 11) is 0. The summed E-state index contributed by atoms with van der Waals surface area (Å²) in [5, 5.41) is 9.05. The number of aliphatic hydroxyl groups excluding tert-OH is 1. The maximum absolute atomic E-state index is 9.05. The summed E-state index contributed by atoms with van der Waals surface area (Å²) < 4.78 is 0. The van der Waals surface area contributed by atoms with Crippen molar-refractivity contribution in [1.29, 1.82) is 0 Å². The fourth-order valence-corrected chi connectivity index (χ4v) is 2.55. The zero-order valence-corrected chi connectivity index (χ0v) is 10.0. The molecule has 0 radical (unpaired) electrons. The standard InChI is InChI=1S/C14H21NO/c1-2-12-5-7-14(8-6-12)15-10-3-4-13(15)9-11-16/h5-8,13,16H,2-4,9-11H2,1H3. The van der Waals surface area contributed by atoms with Gasteiger partial charge >= 0.3 is 0 Å². The predicted octanol–water partition coefficient (Wildman–Crippen LogP) is 2.60. The maximum atomic E-state index is 9.05. The molecule has 1 heterocycles. The zero-order valence-electron chi connectivity index (χ0n) is 10.0. The van der Waals surface area contributed by atoms with Crippen molar-refractivity contribution in [3.05, 3.63) is 29.8 Å². The van der Waals surface area contributed by atoms with Crippen LogP contribution >= 0.6 is 0 Å². The number of hydrogen-bond donors (Lipinski definition) is 1. The lowest BCUT2D eigenvalue weighted by Gasteiger charge is -2.26. The zero-order chi connectivity index (χ0) is 11.4. The Hall–Kier alpha value is -1.02. The van der Waals surface area contributed by atoms with Crippen molar-refractivity contribution in [3.8, 4) is 0 Å². The molecule has 88 valence electrons. The molecule has 2 rings (SSSR count). The van der Waals surface area contributed by atoms with Crippen LogP contribution in [0.5, 0.6) is 0 Å². The summed E-state index contributed by atoms with van der Waals surface area (Å²) >= 11 is 0. The molecule has 0 aromatic heterocycles. The molecule has 1 aromatic rings. The Morgan fingerprint density at radius 2 is 2.06 bits per heavy atom. The Morgan fingerprint density at radius 3 is 2.69 bits per heavy atom. The van der Waals surface area contributed by atoms with Crippen molar-refractivity contribution in [1.82, 2.24) is 0 Å². The fraction of sp³-hybridized carbons (Fsp3) is 0.571. The van der Waals surface area contributed by atoms with Gasteiger partial charge in [-0.05, 0) is 43.4 Å². The number of rotatable bonds is 4. The van der Waals surface area contributed by atoms with Crippen molar-refractivity contribution in [2.24, 2.45) is 0 Å². The quantitative estimate of drug-likeness (QED) is 0.841. The highest BCUT2D eigenvalue weighted by atomic mass is 16.3. The summed E-state index contributed by atoms with van der Waals surface area (Å²) in [4.78, 5) is 2.44. The van der Waals surface area contributed by atoms with Gasteiger partial charge in [0, 0.05) is 24.9 Å². The molecule has 1 unspecified atom stereocenters. The van der Waals surface area contributed by atoms with Gasteiger partial charge in [0.05, 0.1) is 0 Å². The lowest BCUT2D eigenvalue weighted by molar-refractivity contribution is 0.276. The van der Waals surface area contributed by atoms with E-state index in [0.29, 0.717) is 12.6 Å². The molecule has 0 saturated carbocycles. The van der Waals surface area contributed by atoms with Crippen LogP contribution in [0.4, 0.5) is 5.69 Å². The van der Waals surface area contributed by atoms with Gasteiger partial charge in [-0.2, -0.15) is 0 Å². The molecule has 0 aliphatic carbocycles. The monoisotopic (exact) mass is 219 g/mol. The molecule has 16 heavy (non-hydrogen) atoms. The minimum Gasteiger partial charge on any atom is -0.396 e. The Morgan fingerprint density at radius 1 is 1.31 bits per heavy atom. The van der Waals surface area contributed by atoms with Crippen molar-refractivity contribution in [2.45, 2.75) is 38.6 Å². The molecule has 2 nitrogen and oxygen atoms in total. The van der Waals surface area contributed by atoms with Gasteiger partial charge in [0.2, 0.25) is 0 Å². The second kappa shape index (κ2) is 5.35. The smallest absolute Gasteiger partial charge is 0.0450 e. The van der Waals surface area contributed by atoms with E-state index in [2.05, 4.69) is 36.1 Å². The van der Waals surface area contributed by atoms with Crippen LogP contribution in [0.1, 0.15) is 31.7 Å². The van der Waals surface area contributed by atoms with E-state index in [1.807, 2.05) is 0 Å². The second-order valence-corrected chi connectivity index (χ2v) is 4.52. The van der Waals surface area contributed by atoms with E-state index < -0.39 is 0 Å². The number of hydrogen-bond acceptors (Lipinski definition) is 2. The van der Waals surface area contributed by atoms with Gasteiger partial charge in [0.1, 0.15) is 0 Å². The second-order valence-electron chi connectivity index (χ2n) is 4.52. The number of aliphatic hydroxyl groups is 1. The molecule has 1 atom stereocenters. The molecule has 0 spiro atoms. The lowest BCUT2D eigenvalue weighted by atomic mass is 10.1. The van der Waals surface area contributed by atoms with Crippen LogP contribution < -0.4 is 4.90 Å². The molecule has 1 aliphatic rings. The first-order valence-corrected chi connectivity index (χ1v) is 6.31. The Balaban J connectivity index is 2.09. The minimum atomic E-state index is 0.300. The van der Waals surface area contributed by atoms with Gasteiger partial charge < -0.3 is 10.0 Å². The molecule has 2 heteroatoms. The number of nitrogens with zero attached hydrogens (tertiary/aromatic N) is 1. The van der Waals surface area contributed by atoms with E-state index in [1.165, 1.54) is 24.1 Å². The van der Waals surface area contributed by atoms with Crippen LogP contribution in [0.2, 0.25) is 0 Å². The van der Waals surface area contributed by atoms with Crippen molar-refractivity contribution >= 4 is 5.69 Å². The van der Waals surface area contributed by atoms with Gasteiger partial charge in [-0.3, -0.25) is 0 Å². The Labute approximate surface area is 97.9 Å². The van der Waals surface area contributed by atoms with Crippen LogP contribution in [0.25, 0.3) is 0 Å². The van der Waals surface area contributed by atoms with Gasteiger partial charge in [0.25, 0.3) is 0 Å².